The summed E-state index contributed by atoms with van der Waals surface area (Å²) in [4.78, 5) is 49.3. The summed E-state index contributed by atoms with van der Waals surface area (Å²) in [6.45, 7) is 0.253. The van der Waals surface area contributed by atoms with E-state index in [0.29, 0.717) is 12.2 Å². The van der Waals surface area contributed by atoms with Gasteiger partial charge < -0.3 is 9.47 Å². The highest BCUT2D eigenvalue weighted by molar-refractivity contribution is 6.30. The summed E-state index contributed by atoms with van der Waals surface area (Å²) in [6, 6.07) is 17.6. The van der Waals surface area contributed by atoms with Crippen LogP contribution in [0, 0.1) is 10.1 Å². The SMILES string of the molecule is O=C1c2ccccc2C(=O)c2c1ccc(C(=O)OCCCOc1ccccc1)c2[N+](=O)[O-]. The molecule has 32 heavy (non-hydrogen) atoms. The lowest BCUT2D eigenvalue weighted by molar-refractivity contribution is -0.385. The molecule has 0 unspecified atom stereocenters. The number of hydrogen-bond donors (Lipinski definition) is 0. The summed E-state index contributed by atoms with van der Waals surface area (Å²) in [6.07, 6.45) is 0.365. The highest BCUT2D eigenvalue weighted by Crippen LogP contribution is 2.35. The van der Waals surface area contributed by atoms with Crippen molar-refractivity contribution in [3.8, 4) is 5.75 Å². The molecule has 0 aliphatic heterocycles. The Labute approximate surface area is 182 Å². The molecule has 160 valence electrons. The van der Waals surface area contributed by atoms with E-state index >= 15 is 0 Å². The Bertz CT molecular complexity index is 1230. The Hall–Kier alpha value is -4.33. The number of nitrogens with zero attached hydrogens (tertiary/aromatic N) is 1. The van der Waals surface area contributed by atoms with Gasteiger partial charge >= 0.3 is 5.97 Å². The summed E-state index contributed by atoms with van der Waals surface area (Å²) in [5, 5.41) is 11.8. The van der Waals surface area contributed by atoms with Crippen LogP contribution >= 0.6 is 0 Å². The third kappa shape index (κ3) is 3.85. The topological polar surface area (TPSA) is 113 Å². The van der Waals surface area contributed by atoms with Gasteiger partial charge in [-0.25, -0.2) is 4.79 Å². The first kappa shape index (κ1) is 20.9. The molecule has 0 fully saturated rings. The van der Waals surface area contributed by atoms with E-state index in [9.17, 15) is 24.5 Å². The molecule has 1 aliphatic carbocycles. The molecule has 0 bridgehead atoms. The highest BCUT2D eigenvalue weighted by atomic mass is 16.6. The molecule has 0 N–H and O–H groups in total. The van der Waals surface area contributed by atoms with Crippen molar-refractivity contribution in [3.63, 3.8) is 0 Å². The fourth-order valence-electron chi connectivity index (χ4n) is 3.53. The van der Waals surface area contributed by atoms with Crippen molar-refractivity contribution in [1.29, 1.82) is 0 Å². The number of carbonyl (C=O) groups excluding carboxylic acids is 3. The maximum Gasteiger partial charge on any atom is 0.345 e. The number of para-hydroxylation sites is 1. The minimum Gasteiger partial charge on any atom is -0.493 e. The number of nitro benzene ring substituents is 1. The molecule has 0 heterocycles. The van der Waals surface area contributed by atoms with Gasteiger partial charge in [-0.15, -0.1) is 0 Å². The van der Waals surface area contributed by atoms with Crippen molar-refractivity contribution in [2.75, 3.05) is 13.2 Å². The van der Waals surface area contributed by atoms with E-state index in [0.717, 1.165) is 6.07 Å². The van der Waals surface area contributed by atoms with Gasteiger partial charge in [0.1, 0.15) is 16.9 Å². The molecule has 0 saturated carbocycles. The monoisotopic (exact) mass is 431 g/mol. The van der Waals surface area contributed by atoms with E-state index in [2.05, 4.69) is 0 Å². The van der Waals surface area contributed by atoms with Crippen LogP contribution in [0.4, 0.5) is 5.69 Å². The normalized spacial score (nSPS) is 12.0. The van der Waals surface area contributed by atoms with Crippen LogP contribution < -0.4 is 4.74 Å². The van der Waals surface area contributed by atoms with Gasteiger partial charge in [0.2, 0.25) is 5.78 Å². The van der Waals surface area contributed by atoms with Crippen LogP contribution in [0.1, 0.15) is 48.6 Å². The first-order valence-corrected chi connectivity index (χ1v) is 9.84. The van der Waals surface area contributed by atoms with E-state index in [1.54, 1.807) is 24.3 Å². The second-order valence-electron chi connectivity index (χ2n) is 7.00. The number of fused-ring (bicyclic) bond motifs is 2. The molecule has 1 aliphatic rings. The fourth-order valence-corrected chi connectivity index (χ4v) is 3.53. The summed E-state index contributed by atoms with van der Waals surface area (Å²) in [5.41, 5.74) is -1.35. The number of hydrogen-bond acceptors (Lipinski definition) is 7. The molecule has 0 atom stereocenters. The van der Waals surface area contributed by atoms with Crippen LogP contribution in [0.3, 0.4) is 0 Å². The number of benzene rings is 3. The predicted octanol–water partition coefficient (Wildman–Crippen LogP) is 4.00. The molecule has 0 aromatic heterocycles. The number of ketones is 2. The summed E-state index contributed by atoms with van der Waals surface area (Å²) >= 11 is 0. The van der Waals surface area contributed by atoms with Gasteiger partial charge in [-0.3, -0.25) is 19.7 Å². The van der Waals surface area contributed by atoms with Crippen molar-refractivity contribution in [1.82, 2.24) is 0 Å². The summed E-state index contributed by atoms with van der Waals surface area (Å²) in [7, 11) is 0. The van der Waals surface area contributed by atoms with Crippen molar-refractivity contribution < 1.29 is 28.8 Å². The molecule has 0 saturated heterocycles. The molecule has 0 amide bonds. The predicted molar refractivity (Wildman–Crippen MR) is 113 cm³/mol. The molecule has 0 spiro atoms. The van der Waals surface area contributed by atoms with Crippen LogP contribution in [0.25, 0.3) is 0 Å². The van der Waals surface area contributed by atoms with Crippen molar-refractivity contribution in [2.45, 2.75) is 6.42 Å². The minimum atomic E-state index is -0.946. The zero-order chi connectivity index (χ0) is 22.7. The van der Waals surface area contributed by atoms with Crippen molar-refractivity contribution in [2.24, 2.45) is 0 Å². The number of nitro groups is 1. The number of rotatable bonds is 7. The van der Waals surface area contributed by atoms with Gasteiger partial charge in [0.15, 0.2) is 5.78 Å². The first-order valence-electron chi connectivity index (χ1n) is 9.84. The molecule has 8 heteroatoms. The van der Waals surface area contributed by atoms with Gasteiger partial charge in [-0.2, -0.15) is 0 Å². The van der Waals surface area contributed by atoms with E-state index in [-0.39, 0.29) is 41.0 Å². The Morgan fingerprint density at radius 3 is 2.16 bits per heavy atom. The third-order valence-corrected chi connectivity index (χ3v) is 5.00. The van der Waals surface area contributed by atoms with Gasteiger partial charge in [0.05, 0.1) is 18.1 Å². The molecule has 8 nitrogen and oxygen atoms in total. The first-order chi connectivity index (χ1) is 15.5. The van der Waals surface area contributed by atoms with Gasteiger partial charge in [-0.1, -0.05) is 42.5 Å². The second kappa shape index (κ2) is 8.81. The zero-order valence-corrected chi connectivity index (χ0v) is 16.8. The van der Waals surface area contributed by atoms with Crippen LogP contribution in [0.5, 0.6) is 5.75 Å². The average molecular weight is 431 g/mol. The number of esters is 1. The third-order valence-electron chi connectivity index (χ3n) is 5.00. The average Bonchev–Trinajstić information content (AvgIpc) is 2.82. The van der Waals surface area contributed by atoms with Crippen LogP contribution in [0.2, 0.25) is 0 Å². The van der Waals surface area contributed by atoms with Crippen molar-refractivity contribution in [3.05, 3.63) is 105 Å². The zero-order valence-electron chi connectivity index (χ0n) is 16.8. The fraction of sp³-hybridized carbons (Fsp3) is 0.125. The molecular weight excluding hydrogens is 414 g/mol. The van der Waals surface area contributed by atoms with Crippen LogP contribution in [0.15, 0.2) is 66.7 Å². The second-order valence-corrected chi connectivity index (χ2v) is 7.00. The van der Waals surface area contributed by atoms with E-state index in [4.69, 9.17) is 9.47 Å². The Balaban J connectivity index is 1.53. The minimum absolute atomic E-state index is 0.0321. The van der Waals surface area contributed by atoms with Crippen LogP contribution in [-0.2, 0) is 4.74 Å². The lowest BCUT2D eigenvalue weighted by Crippen LogP contribution is -2.24. The quantitative estimate of drug-likeness (QED) is 0.188. The Morgan fingerprint density at radius 2 is 1.47 bits per heavy atom. The lowest BCUT2D eigenvalue weighted by atomic mass is 9.82. The van der Waals surface area contributed by atoms with Crippen LogP contribution in [-0.4, -0.2) is 35.7 Å². The highest BCUT2D eigenvalue weighted by Gasteiger charge is 2.38. The van der Waals surface area contributed by atoms with E-state index < -0.39 is 28.1 Å². The van der Waals surface area contributed by atoms with Gasteiger partial charge in [0.25, 0.3) is 5.69 Å². The van der Waals surface area contributed by atoms with E-state index in [1.807, 2.05) is 18.2 Å². The van der Waals surface area contributed by atoms with E-state index in [1.165, 1.54) is 18.2 Å². The molecule has 4 rings (SSSR count). The number of carbonyl (C=O) groups is 3. The lowest BCUT2D eigenvalue weighted by Gasteiger charge is -2.18. The summed E-state index contributed by atoms with van der Waals surface area (Å²) in [5.74, 6) is -1.45. The summed E-state index contributed by atoms with van der Waals surface area (Å²) < 4.78 is 10.7. The van der Waals surface area contributed by atoms with Gasteiger partial charge in [-0.05, 0) is 24.3 Å². The maximum absolute atomic E-state index is 13.0. The standard InChI is InChI=1S/C24H17NO7/c26-22-16-9-4-5-10-17(16)23(27)20-18(22)11-12-19(21(20)25(29)30)24(28)32-14-6-13-31-15-7-2-1-3-8-15/h1-5,7-12H,6,13-14H2. The molecule has 3 aromatic rings. The smallest absolute Gasteiger partial charge is 0.345 e. The Morgan fingerprint density at radius 1 is 0.812 bits per heavy atom. The molecule has 3 aromatic carbocycles. The van der Waals surface area contributed by atoms with Crippen molar-refractivity contribution >= 4 is 23.2 Å². The Kier molecular flexibility index (Phi) is 5.76. The largest absolute Gasteiger partial charge is 0.493 e. The van der Waals surface area contributed by atoms with Gasteiger partial charge in [0, 0.05) is 23.1 Å². The molecule has 0 radical (unpaired) electrons. The maximum atomic E-state index is 13.0. The molecular formula is C24H17NO7. The number of ether oxygens (including phenoxy) is 2.